The van der Waals surface area contributed by atoms with Crippen molar-refractivity contribution in [2.45, 2.75) is 96.2 Å². The van der Waals surface area contributed by atoms with Crippen LogP contribution in [0.4, 0.5) is 0 Å². The van der Waals surface area contributed by atoms with Crippen molar-refractivity contribution >= 4 is 0 Å². The first-order chi connectivity index (χ1) is 14.3. The summed E-state index contributed by atoms with van der Waals surface area (Å²) in [6, 6.07) is 10.6. The molecule has 2 heterocycles. The Bertz CT molecular complexity index is 595. The van der Waals surface area contributed by atoms with Crippen LogP contribution in [0.3, 0.4) is 0 Å². The van der Waals surface area contributed by atoms with Crippen molar-refractivity contribution in [1.29, 1.82) is 0 Å². The van der Waals surface area contributed by atoms with Crippen molar-refractivity contribution in [3.63, 3.8) is 0 Å². The molecule has 0 radical (unpaired) electrons. The molecule has 4 rings (SSSR count). The Hall–Kier alpha value is -1.06. The molecule has 3 fully saturated rings. The zero-order valence-corrected chi connectivity index (χ0v) is 18.7. The van der Waals surface area contributed by atoms with Crippen LogP contribution in [0.5, 0.6) is 5.75 Å². The first-order valence-electron chi connectivity index (χ1n) is 12.5. The van der Waals surface area contributed by atoms with Crippen LogP contribution < -0.4 is 4.74 Å². The predicted molar refractivity (Wildman–Crippen MR) is 121 cm³/mol. The highest BCUT2D eigenvalue weighted by Crippen LogP contribution is 2.38. The summed E-state index contributed by atoms with van der Waals surface area (Å²) < 4.78 is 5.95. The topological polar surface area (TPSA) is 15.7 Å². The number of hydrogen-bond acceptors (Lipinski definition) is 3. The van der Waals surface area contributed by atoms with Crippen LogP contribution in [0.2, 0.25) is 0 Å². The average molecular weight is 399 g/mol. The van der Waals surface area contributed by atoms with E-state index < -0.39 is 0 Å². The van der Waals surface area contributed by atoms with Gasteiger partial charge in [-0.15, -0.1) is 0 Å². The van der Waals surface area contributed by atoms with Crippen molar-refractivity contribution in [2.75, 3.05) is 26.2 Å². The molecule has 2 saturated heterocycles. The number of unbranched alkanes of at least 4 members (excludes halogenated alkanes) is 3. The molecule has 0 bridgehead atoms. The molecule has 3 nitrogen and oxygen atoms in total. The van der Waals surface area contributed by atoms with Gasteiger partial charge in [0, 0.05) is 31.7 Å². The molecular weight excluding hydrogens is 356 g/mol. The molecule has 1 aromatic rings. The Balaban J connectivity index is 1.35. The van der Waals surface area contributed by atoms with Crippen molar-refractivity contribution in [2.24, 2.45) is 5.92 Å². The lowest BCUT2D eigenvalue weighted by atomic mass is 9.78. The zero-order valence-electron chi connectivity index (χ0n) is 18.7. The van der Waals surface area contributed by atoms with E-state index in [1.807, 2.05) is 0 Å². The summed E-state index contributed by atoms with van der Waals surface area (Å²) in [7, 11) is 0. The molecule has 1 aliphatic carbocycles. The van der Waals surface area contributed by atoms with Gasteiger partial charge in [-0.2, -0.15) is 0 Å². The van der Waals surface area contributed by atoms with Gasteiger partial charge in [-0.25, -0.2) is 0 Å². The third-order valence-electron chi connectivity index (χ3n) is 7.61. The third-order valence-corrected chi connectivity index (χ3v) is 7.61. The molecule has 3 aliphatic rings. The van der Waals surface area contributed by atoms with E-state index >= 15 is 0 Å². The van der Waals surface area contributed by atoms with Gasteiger partial charge >= 0.3 is 0 Å². The van der Waals surface area contributed by atoms with E-state index in [9.17, 15) is 0 Å². The summed E-state index contributed by atoms with van der Waals surface area (Å²) in [6.07, 6.45) is 15.1. The van der Waals surface area contributed by atoms with Crippen molar-refractivity contribution < 1.29 is 4.74 Å². The molecule has 2 atom stereocenters. The molecule has 0 N–H and O–H groups in total. The van der Waals surface area contributed by atoms with Crippen LogP contribution in [0.1, 0.15) is 83.1 Å². The van der Waals surface area contributed by atoms with E-state index in [-0.39, 0.29) is 0 Å². The van der Waals surface area contributed by atoms with E-state index in [1.54, 1.807) is 0 Å². The van der Waals surface area contributed by atoms with Gasteiger partial charge in [0.15, 0.2) is 0 Å². The summed E-state index contributed by atoms with van der Waals surface area (Å²) in [6.45, 7) is 8.08. The monoisotopic (exact) mass is 398 g/mol. The highest BCUT2D eigenvalue weighted by molar-refractivity contribution is 5.27. The Morgan fingerprint density at radius 1 is 0.862 bits per heavy atom. The van der Waals surface area contributed by atoms with E-state index in [0.29, 0.717) is 0 Å². The maximum Gasteiger partial charge on any atom is 0.119 e. The van der Waals surface area contributed by atoms with E-state index in [0.717, 1.165) is 36.9 Å². The van der Waals surface area contributed by atoms with Gasteiger partial charge in [-0.1, -0.05) is 57.6 Å². The van der Waals surface area contributed by atoms with Gasteiger partial charge in [-0.3, -0.25) is 9.80 Å². The van der Waals surface area contributed by atoms with Gasteiger partial charge in [0.25, 0.3) is 0 Å². The minimum Gasteiger partial charge on any atom is -0.494 e. The molecule has 0 spiro atoms. The van der Waals surface area contributed by atoms with Crippen LogP contribution in [-0.4, -0.2) is 48.1 Å². The maximum atomic E-state index is 5.95. The Labute approximate surface area is 178 Å². The summed E-state index contributed by atoms with van der Waals surface area (Å²) in [5.41, 5.74) is 1.45. The van der Waals surface area contributed by atoms with Crippen molar-refractivity contribution in [3.05, 3.63) is 29.8 Å². The Kier molecular flexibility index (Phi) is 7.90. The van der Waals surface area contributed by atoms with Crippen LogP contribution in [0, 0.1) is 5.92 Å². The number of rotatable bonds is 9. The standard InChI is InChI=1S/C26H42N2O/c1-2-3-4-8-20-29-24-15-13-22(14-16-24)21-28-19-18-27-17-9-12-25(27)26(28)23-10-6-5-7-11-23/h13-16,23,25-26H,2-12,17-21H2,1H3/t25-,26+/m0/s1. The second kappa shape index (κ2) is 10.8. The molecular formula is C26H42N2O. The fraction of sp³-hybridized carbons (Fsp3) is 0.769. The number of fused-ring (bicyclic) bond motifs is 1. The van der Waals surface area contributed by atoms with Gasteiger partial charge in [0.2, 0.25) is 0 Å². The Morgan fingerprint density at radius 2 is 1.69 bits per heavy atom. The predicted octanol–water partition coefficient (Wildman–Crippen LogP) is 5.87. The normalized spacial score (nSPS) is 26.5. The van der Waals surface area contributed by atoms with E-state index in [2.05, 4.69) is 41.0 Å². The smallest absolute Gasteiger partial charge is 0.119 e. The van der Waals surface area contributed by atoms with E-state index in [4.69, 9.17) is 4.74 Å². The van der Waals surface area contributed by atoms with E-state index in [1.165, 1.54) is 95.8 Å². The van der Waals surface area contributed by atoms with Crippen molar-refractivity contribution in [1.82, 2.24) is 9.80 Å². The molecule has 162 valence electrons. The third kappa shape index (κ3) is 5.55. The summed E-state index contributed by atoms with van der Waals surface area (Å²) in [5, 5.41) is 0. The van der Waals surface area contributed by atoms with Gasteiger partial charge in [0.05, 0.1) is 6.61 Å². The van der Waals surface area contributed by atoms with Crippen LogP contribution in [0.25, 0.3) is 0 Å². The molecule has 3 heteroatoms. The zero-order chi connectivity index (χ0) is 19.9. The molecule has 1 saturated carbocycles. The average Bonchev–Trinajstić information content (AvgIpc) is 3.24. The highest BCUT2D eigenvalue weighted by atomic mass is 16.5. The number of hydrogen-bond donors (Lipinski definition) is 0. The quantitative estimate of drug-likeness (QED) is 0.484. The fourth-order valence-electron chi connectivity index (χ4n) is 6.08. The minimum atomic E-state index is 0.779. The molecule has 0 amide bonds. The summed E-state index contributed by atoms with van der Waals surface area (Å²) >= 11 is 0. The summed E-state index contributed by atoms with van der Waals surface area (Å²) in [5.74, 6) is 1.95. The number of piperazine rings is 1. The summed E-state index contributed by atoms with van der Waals surface area (Å²) in [4.78, 5) is 5.66. The SMILES string of the molecule is CCCCCCOc1ccc(CN2CCN3CCC[C@H]3[C@H]2C2CCCCC2)cc1. The van der Waals surface area contributed by atoms with Crippen LogP contribution in [-0.2, 0) is 6.54 Å². The van der Waals surface area contributed by atoms with Crippen LogP contribution >= 0.6 is 0 Å². The molecule has 1 aromatic carbocycles. The first kappa shape index (κ1) is 21.2. The lowest BCUT2D eigenvalue weighted by molar-refractivity contribution is -0.00380. The van der Waals surface area contributed by atoms with Crippen molar-refractivity contribution in [3.8, 4) is 5.75 Å². The first-order valence-corrected chi connectivity index (χ1v) is 12.5. The highest BCUT2D eigenvalue weighted by Gasteiger charge is 2.42. The maximum absolute atomic E-state index is 5.95. The fourth-order valence-corrected chi connectivity index (χ4v) is 6.08. The van der Waals surface area contributed by atoms with Gasteiger partial charge < -0.3 is 4.74 Å². The minimum absolute atomic E-state index is 0.779. The number of ether oxygens (including phenoxy) is 1. The number of benzene rings is 1. The second-order valence-corrected chi connectivity index (χ2v) is 9.66. The lowest BCUT2D eigenvalue weighted by Gasteiger charge is -2.49. The Morgan fingerprint density at radius 3 is 2.48 bits per heavy atom. The number of nitrogens with zero attached hydrogens (tertiary/aromatic N) is 2. The second-order valence-electron chi connectivity index (χ2n) is 9.66. The largest absolute Gasteiger partial charge is 0.494 e. The van der Waals surface area contributed by atoms with Gasteiger partial charge in [0.1, 0.15) is 5.75 Å². The molecule has 29 heavy (non-hydrogen) atoms. The molecule has 0 aromatic heterocycles. The molecule has 2 aliphatic heterocycles. The lowest BCUT2D eigenvalue weighted by Crippen LogP contribution is -2.59. The van der Waals surface area contributed by atoms with Gasteiger partial charge in [-0.05, 0) is 62.3 Å². The molecule has 0 unspecified atom stereocenters. The van der Waals surface area contributed by atoms with Crippen LogP contribution in [0.15, 0.2) is 24.3 Å².